The number of anilines is 1. The third-order valence-corrected chi connectivity index (χ3v) is 7.52. The Morgan fingerprint density at radius 2 is 1.94 bits per heavy atom. The molecule has 3 fully saturated rings. The highest BCUT2D eigenvalue weighted by Gasteiger charge is 2.54. The molecule has 33 heavy (non-hydrogen) atoms. The number of nitrogens with two attached hydrogens (primary N) is 1. The number of carbonyl (C=O) groups excluding carboxylic acids is 1. The number of carbonyl (C=O) groups is 1. The summed E-state index contributed by atoms with van der Waals surface area (Å²) in [5.41, 5.74) is 10.1. The number of H-pyrrole nitrogens is 1. The van der Waals surface area contributed by atoms with Crippen LogP contribution in [0.25, 0.3) is 0 Å². The van der Waals surface area contributed by atoms with E-state index < -0.39 is 0 Å². The van der Waals surface area contributed by atoms with E-state index in [9.17, 15) is 9.59 Å². The van der Waals surface area contributed by atoms with E-state index in [4.69, 9.17) is 5.73 Å². The number of hydrogen-bond donors (Lipinski definition) is 3. The molecule has 4 N–H and O–H groups in total. The fourth-order valence-electron chi connectivity index (χ4n) is 5.38. The molecule has 1 spiro atoms. The van der Waals surface area contributed by atoms with Crippen LogP contribution in [-0.4, -0.2) is 41.8 Å². The zero-order valence-electron chi connectivity index (χ0n) is 19.5. The largest absolute Gasteiger partial charge is 0.383 e. The summed E-state index contributed by atoms with van der Waals surface area (Å²) in [6.07, 6.45) is 11.4. The van der Waals surface area contributed by atoms with Crippen molar-refractivity contribution in [3.05, 3.63) is 57.5 Å². The summed E-state index contributed by atoms with van der Waals surface area (Å²) in [6, 6.07) is 7.85. The van der Waals surface area contributed by atoms with Gasteiger partial charge in [-0.15, -0.1) is 0 Å². The minimum absolute atomic E-state index is 0.00698. The van der Waals surface area contributed by atoms with Crippen molar-refractivity contribution < 1.29 is 4.79 Å². The molecular formula is C26H33N5O2. The van der Waals surface area contributed by atoms with Crippen LogP contribution in [-0.2, 0) is 0 Å². The molecule has 1 heterocycles. The molecule has 7 nitrogen and oxygen atoms in total. The number of nitrogens with one attached hydrogen (secondary N) is 2. The lowest BCUT2D eigenvalue weighted by Gasteiger charge is -2.23. The maximum absolute atomic E-state index is 12.7. The zero-order valence-corrected chi connectivity index (χ0v) is 19.5. The van der Waals surface area contributed by atoms with Crippen molar-refractivity contribution in [3.63, 3.8) is 0 Å². The Bertz CT molecular complexity index is 1160. The van der Waals surface area contributed by atoms with Crippen molar-refractivity contribution >= 4 is 23.1 Å². The lowest BCUT2D eigenvalue weighted by Crippen LogP contribution is -2.27. The molecule has 0 aliphatic heterocycles. The predicted molar refractivity (Wildman–Crippen MR) is 131 cm³/mol. The average molecular weight is 448 g/mol. The molecule has 1 aromatic carbocycles. The molecule has 0 radical (unpaired) electrons. The molecule has 1 amide bonds. The van der Waals surface area contributed by atoms with Gasteiger partial charge < -0.3 is 20.9 Å². The number of aromatic amines is 1. The Balaban J connectivity index is 1.43. The summed E-state index contributed by atoms with van der Waals surface area (Å²) < 4.78 is 0. The molecule has 0 saturated heterocycles. The number of amidine groups is 1. The SMILES string of the molecule is CN(C)C(=O)c1ccc(N=C(N)c2c(NC3CC34CCCCC4)cc[nH]c2=O)cc1C1CC1. The van der Waals surface area contributed by atoms with Crippen molar-refractivity contribution in [2.75, 3.05) is 19.4 Å². The molecule has 7 heteroatoms. The smallest absolute Gasteiger partial charge is 0.261 e. The van der Waals surface area contributed by atoms with Crippen LogP contribution in [0.4, 0.5) is 11.4 Å². The summed E-state index contributed by atoms with van der Waals surface area (Å²) in [6.45, 7) is 0. The first-order chi connectivity index (χ1) is 15.9. The van der Waals surface area contributed by atoms with E-state index in [2.05, 4.69) is 15.3 Å². The van der Waals surface area contributed by atoms with Gasteiger partial charge >= 0.3 is 0 Å². The Kier molecular flexibility index (Phi) is 5.51. The number of amides is 1. The van der Waals surface area contributed by atoms with Crippen molar-refractivity contribution in [1.82, 2.24) is 9.88 Å². The first kappa shape index (κ1) is 21.7. The van der Waals surface area contributed by atoms with Crippen LogP contribution in [0.3, 0.4) is 0 Å². The van der Waals surface area contributed by atoms with Crippen molar-refractivity contribution in [3.8, 4) is 0 Å². The van der Waals surface area contributed by atoms with Crippen LogP contribution in [0.5, 0.6) is 0 Å². The normalized spacial score (nSPS) is 21.6. The lowest BCUT2D eigenvalue weighted by molar-refractivity contribution is 0.0826. The Hall–Kier alpha value is -3.09. The summed E-state index contributed by atoms with van der Waals surface area (Å²) in [4.78, 5) is 34.3. The number of benzene rings is 1. The monoisotopic (exact) mass is 447 g/mol. The number of aromatic nitrogens is 1. The molecule has 3 aliphatic rings. The molecule has 1 unspecified atom stereocenters. The number of rotatable bonds is 6. The number of pyridine rings is 1. The second-order valence-electron chi connectivity index (χ2n) is 10.2. The molecule has 1 aromatic heterocycles. The highest BCUT2D eigenvalue weighted by molar-refractivity contribution is 6.03. The molecule has 174 valence electrons. The van der Waals surface area contributed by atoms with E-state index in [-0.39, 0.29) is 17.3 Å². The number of nitrogens with zero attached hydrogens (tertiary/aromatic N) is 2. The van der Waals surface area contributed by atoms with Gasteiger partial charge in [0.15, 0.2) is 0 Å². The molecule has 2 aromatic rings. The fourth-order valence-corrected chi connectivity index (χ4v) is 5.38. The van der Waals surface area contributed by atoms with E-state index in [0.29, 0.717) is 34.2 Å². The molecule has 1 atom stereocenters. The molecular weight excluding hydrogens is 414 g/mol. The number of hydrogen-bond acceptors (Lipinski definition) is 4. The standard InChI is InChI=1S/C26H33N5O2/c1-31(2)25(33)18-9-8-17(14-19(18)16-6-7-16)29-23(27)22-20(10-13-28-24(22)32)30-21-15-26(21)11-4-3-5-12-26/h8-10,13-14,16,21H,3-7,11-12,15H2,1-2H3,(H2,27,29)(H2,28,30,32). The van der Waals surface area contributed by atoms with Gasteiger partial charge in [0.2, 0.25) is 0 Å². The van der Waals surface area contributed by atoms with Gasteiger partial charge in [0.05, 0.1) is 11.4 Å². The van der Waals surface area contributed by atoms with Gasteiger partial charge in [-0.25, -0.2) is 4.99 Å². The van der Waals surface area contributed by atoms with Crippen LogP contribution in [0, 0.1) is 5.41 Å². The highest BCUT2D eigenvalue weighted by Crippen LogP contribution is 2.57. The third kappa shape index (κ3) is 4.28. The van der Waals surface area contributed by atoms with Crippen LogP contribution < -0.4 is 16.6 Å². The Labute approximate surface area is 194 Å². The van der Waals surface area contributed by atoms with Gasteiger partial charge in [-0.3, -0.25) is 9.59 Å². The van der Waals surface area contributed by atoms with Crippen molar-refractivity contribution in [1.29, 1.82) is 0 Å². The first-order valence-electron chi connectivity index (χ1n) is 12.1. The van der Waals surface area contributed by atoms with Gasteiger partial charge in [-0.1, -0.05) is 19.3 Å². The summed E-state index contributed by atoms with van der Waals surface area (Å²) in [7, 11) is 3.52. The van der Waals surface area contributed by atoms with Crippen LogP contribution in [0.1, 0.15) is 78.8 Å². The Morgan fingerprint density at radius 1 is 1.18 bits per heavy atom. The van der Waals surface area contributed by atoms with Crippen molar-refractivity contribution in [2.45, 2.75) is 63.3 Å². The summed E-state index contributed by atoms with van der Waals surface area (Å²) in [5, 5.41) is 3.60. The summed E-state index contributed by atoms with van der Waals surface area (Å²) in [5.74, 6) is 0.567. The van der Waals surface area contributed by atoms with E-state index in [1.54, 1.807) is 31.3 Å². The van der Waals surface area contributed by atoms with Crippen LogP contribution in [0.15, 0.2) is 40.2 Å². The molecule has 5 rings (SSSR count). The minimum Gasteiger partial charge on any atom is -0.383 e. The van der Waals surface area contributed by atoms with Gasteiger partial charge in [-0.05, 0) is 73.3 Å². The molecule has 3 aliphatic carbocycles. The van der Waals surface area contributed by atoms with Gasteiger partial charge in [0.1, 0.15) is 11.4 Å². The van der Waals surface area contributed by atoms with Gasteiger partial charge in [0, 0.05) is 31.9 Å². The quantitative estimate of drug-likeness (QED) is 0.458. The zero-order chi connectivity index (χ0) is 23.2. The fraction of sp³-hybridized carbons (Fsp3) is 0.500. The van der Waals surface area contributed by atoms with E-state index in [1.807, 2.05) is 18.2 Å². The molecule has 0 bridgehead atoms. The summed E-state index contributed by atoms with van der Waals surface area (Å²) >= 11 is 0. The maximum Gasteiger partial charge on any atom is 0.261 e. The Morgan fingerprint density at radius 3 is 2.64 bits per heavy atom. The van der Waals surface area contributed by atoms with Crippen LogP contribution in [0.2, 0.25) is 0 Å². The second-order valence-corrected chi connectivity index (χ2v) is 10.2. The van der Waals surface area contributed by atoms with Gasteiger partial charge in [0.25, 0.3) is 11.5 Å². The lowest BCUT2D eigenvalue weighted by atomic mass is 9.85. The number of aliphatic imine (C=N–C) groups is 1. The maximum atomic E-state index is 12.7. The van der Waals surface area contributed by atoms with E-state index in [0.717, 1.165) is 30.5 Å². The topological polar surface area (TPSA) is 104 Å². The predicted octanol–water partition coefficient (Wildman–Crippen LogP) is 4.13. The molecule has 3 saturated carbocycles. The average Bonchev–Trinajstić information content (AvgIpc) is 3.72. The second kappa shape index (κ2) is 8.36. The minimum atomic E-state index is -0.249. The van der Waals surface area contributed by atoms with Crippen molar-refractivity contribution in [2.24, 2.45) is 16.1 Å². The van der Waals surface area contributed by atoms with E-state index >= 15 is 0 Å². The first-order valence-corrected chi connectivity index (χ1v) is 12.1. The highest BCUT2D eigenvalue weighted by atomic mass is 16.2. The van der Waals surface area contributed by atoms with Gasteiger partial charge in [-0.2, -0.15) is 0 Å². The van der Waals surface area contributed by atoms with Crippen LogP contribution >= 0.6 is 0 Å². The van der Waals surface area contributed by atoms with E-state index in [1.165, 1.54) is 32.1 Å². The third-order valence-electron chi connectivity index (χ3n) is 7.52.